The van der Waals surface area contributed by atoms with Gasteiger partial charge in [-0.25, -0.2) is 4.98 Å². The van der Waals surface area contributed by atoms with Gasteiger partial charge in [-0.05, 0) is 44.4 Å². The Morgan fingerprint density at radius 2 is 2.15 bits per heavy atom. The molecule has 1 saturated carbocycles. The van der Waals surface area contributed by atoms with Crippen molar-refractivity contribution in [2.24, 2.45) is 11.7 Å². The molecule has 7 heteroatoms. The van der Waals surface area contributed by atoms with Crippen LogP contribution in [0, 0.1) is 5.92 Å². The molecule has 1 aliphatic rings. The van der Waals surface area contributed by atoms with Crippen molar-refractivity contribution >= 4 is 30.7 Å². The first-order valence-corrected chi connectivity index (χ1v) is 8.65. The average Bonchev–Trinajstić information content (AvgIpc) is 3.09. The summed E-state index contributed by atoms with van der Waals surface area (Å²) in [6, 6.07) is 8.08. The third kappa shape index (κ3) is 5.00. The third-order valence-corrected chi connectivity index (χ3v) is 5.10. The number of carbonyl (C=O) groups is 1. The molecule has 1 aromatic carbocycles. The largest absolute Gasteiger partial charge is 0.349 e. The molecule has 144 valence electrons. The highest BCUT2D eigenvalue weighted by atomic mass is 35.5. The number of halogens is 2. The number of nitrogens with zero attached hydrogens (tertiary/aromatic N) is 2. The van der Waals surface area contributed by atoms with Crippen LogP contribution in [0.2, 0.25) is 0 Å². The first kappa shape index (κ1) is 22.5. The molecule has 1 aromatic heterocycles. The predicted molar refractivity (Wildman–Crippen MR) is 109 cm³/mol. The number of hydrogen-bond acceptors (Lipinski definition) is 3. The van der Waals surface area contributed by atoms with Crippen LogP contribution >= 0.6 is 24.8 Å². The molecule has 1 aliphatic carbocycles. The highest BCUT2D eigenvalue weighted by molar-refractivity contribution is 5.85. The number of nitrogens with one attached hydrogen (secondary N) is 1. The summed E-state index contributed by atoms with van der Waals surface area (Å²) in [6.07, 6.45) is 9.41. The Morgan fingerprint density at radius 3 is 2.81 bits per heavy atom. The maximum Gasteiger partial charge on any atom is 0.225 e. The van der Waals surface area contributed by atoms with E-state index in [0.29, 0.717) is 0 Å². The van der Waals surface area contributed by atoms with Gasteiger partial charge in [0.1, 0.15) is 0 Å². The number of nitrogens with two attached hydrogens (primary N) is 1. The van der Waals surface area contributed by atoms with E-state index in [-0.39, 0.29) is 42.7 Å². The first-order valence-electron chi connectivity index (χ1n) is 8.65. The van der Waals surface area contributed by atoms with Gasteiger partial charge < -0.3 is 15.6 Å². The summed E-state index contributed by atoms with van der Waals surface area (Å²) >= 11 is 0. The zero-order valence-electron chi connectivity index (χ0n) is 15.2. The fourth-order valence-corrected chi connectivity index (χ4v) is 3.55. The Balaban J connectivity index is 0.00000169. The van der Waals surface area contributed by atoms with Gasteiger partial charge in [0, 0.05) is 23.6 Å². The second kappa shape index (κ2) is 9.40. The lowest BCUT2D eigenvalue weighted by Gasteiger charge is -2.37. The molecular weight excluding hydrogens is 371 g/mol. The molecule has 5 nitrogen and oxygen atoms in total. The lowest BCUT2D eigenvalue weighted by Crippen LogP contribution is -2.53. The summed E-state index contributed by atoms with van der Waals surface area (Å²) in [6.45, 7) is 4.02. The van der Waals surface area contributed by atoms with Gasteiger partial charge in [0.25, 0.3) is 0 Å². The van der Waals surface area contributed by atoms with Gasteiger partial charge in [-0.1, -0.05) is 25.0 Å². The van der Waals surface area contributed by atoms with E-state index in [9.17, 15) is 4.79 Å². The highest BCUT2D eigenvalue weighted by Gasteiger charge is 2.38. The summed E-state index contributed by atoms with van der Waals surface area (Å²) in [4.78, 5) is 16.8. The SMILES string of the molecule is CC(NC(=O)C1CCCCC1(C)N)c1cccc(-n2ccnc2)c1.Cl.Cl. The molecule has 0 bridgehead atoms. The molecule has 1 heterocycles. The first-order chi connectivity index (χ1) is 11.5. The number of rotatable bonds is 4. The predicted octanol–water partition coefficient (Wildman–Crippen LogP) is 3.80. The van der Waals surface area contributed by atoms with Crippen LogP contribution in [0.3, 0.4) is 0 Å². The van der Waals surface area contributed by atoms with Gasteiger partial charge in [-0.3, -0.25) is 4.79 Å². The second-order valence-electron chi connectivity index (χ2n) is 7.10. The number of benzene rings is 1. The molecule has 3 unspecified atom stereocenters. The summed E-state index contributed by atoms with van der Waals surface area (Å²) < 4.78 is 1.95. The fraction of sp³-hybridized carbons (Fsp3) is 0.474. The van der Waals surface area contributed by atoms with Crippen LogP contribution in [0.25, 0.3) is 5.69 Å². The van der Waals surface area contributed by atoms with E-state index >= 15 is 0 Å². The van der Waals surface area contributed by atoms with Crippen LogP contribution in [0.4, 0.5) is 0 Å². The Labute approximate surface area is 167 Å². The van der Waals surface area contributed by atoms with Crippen molar-refractivity contribution in [3.05, 3.63) is 48.5 Å². The van der Waals surface area contributed by atoms with Gasteiger partial charge in [-0.15, -0.1) is 24.8 Å². The normalized spacial score (nSPS) is 23.3. The van der Waals surface area contributed by atoms with Crippen molar-refractivity contribution in [3.63, 3.8) is 0 Å². The van der Waals surface area contributed by atoms with Crippen molar-refractivity contribution in [2.75, 3.05) is 0 Å². The number of imidazole rings is 1. The minimum atomic E-state index is -0.402. The maximum absolute atomic E-state index is 12.7. The molecule has 0 saturated heterocycles. The van der Waals surface area contributed by atoms with Crippen molar-refractivity contribution in [1.82, 2.24) is 14.9 Å². The van der Waals surface area contributed by atoms with Gasteiger partial charge in [0.2, 0.25) is 5.91 Å². The molecule has 26 heavy (non-hydrogen) atoms. The van der Waals surface area contributed by atoms with E-state index in [1.807, 2.05) is 42.8 Å². The van der Waals surface area contributed by atoms with Crippen LogP contribution in [0.1, 0.15) is 51.1 Å². The molecule has 3 atom stereocenters. The summed E-state index contributed by atoms with van der Waals surface area (Å²) in [5.74, 6) is -0.0363. The molecule has 1 fully saturated rings. The van der Waals surface area contributed by atoms with E-state index in [0.717, 1.165) is 36.9 Å². The maximum atomic E-state index is 12.7. The Bertz CT molecular complexity index is 703. The second-order valence-corrected chi connectivity index (χ2v) is 7.10. The number of hydrogen-bond donors (Lipinski definition) is 2. The summed E-state index contributed by atoms with van der Waals surface area (Å²) in [7, 11) is 0. The molecule has 0 aliphatic heterocycles. The Morgan fingerprint density at radius 1 is 1.38 bits per heavy atom. The third-order valence-electron chi connectivity index (χ3n) is 5.10. The summed E-state index contributed by atoms with van der Waals surface area (Å²) in [5.41, 5.74) is 8.06. The average molecular weight is 399 g/mol. The quantitative estimate of drug-likeness (QED) is 0.822. The van der Waals surface area contributed by atoms with Crippen LogP contribution in [-0.2, 0) is 4.79 Å². The highest BCUT2D eigenvalue weighted by Crippen LogP contribution is 2.32. The molecule has 2 aromatic rings. The minimum Gasteiger partial charge on any atom is -0.349 e. The topological polar surface area (TPSA) is 72.9 Å². The summed E-state index contributed by atoms with van der Waals surface area (Å²) in [5, 5.41) is 3.15. The van der Waals surface area contributed by atoms with E-state index in [4.69, 9.17) is 5.73 Å². The number of carbonyl (C=O) groups excluding carboxylic acids is 1. The van der Waals surface area contributed by atoms with Crippen molar-refractivity contribution in [3.8, 4) is 5.69 Å². The lowest BCUT2D eigenvalue weighted by atomic mass is 9.74. The Kier molecular flexibility index (Phi) is 8.13. The van der Waals surface area contributed by atoms with Crippen molar-refractivity contribution in [2.45, 2.75) is 51.1 Å². The number of amides is 1. The molecule has 3 N–H and O–H groups in total. The fourth-order valence-electron chi connectivity index (χ4n) is 3.55. The molecule has 0 radical (unpaired) electrons. The number of aromatic nitrogens is 2. The zero-order valence-corrected chi connectivity index (χ0v) is 16.9. The monoisotopic (exact) mass is 398 g/mol. The molecule has 3 rings (SSSR count). The van der Waals surface area contributed by atoms with Crippen LogP contribution < -0.4 is 11.1 Å². The van der Waals surface area contributed by atoms with Crippen molar-refractivity contribution < 1.29 is 4.79 Å². The van der Waals surface area contributed by atoms with Gasteiger partial charge >= 0.3 is 0 Å². The van der Waals surface area contributed by atoms with Crippen LogP contribution in [0.5, 0.6) is 0 Å². The van der Waals surface area contributed by atoms with E-state index in [1.165, 1.54) is 0 Å². The van der Waals surface area contributed by atoms with Crippen molar-refractivity contribution in [1.29, 1.82) is 0 Å². The van der Waals surface area contributed by atoms with Gasteiger partial charge in [-0.2, -0.15) is 0 Å². The van der Waals surface area contributed by atoms with Gasteiger partial charge in [0.15, 0.2) is 0 Å². The van der Waals surface area contributed by atoms with E-state index < -0.39 is 5.54 Å². The van der Waals surface area contributed by atoms with Crippen LogP contribution in [0.15, 0.2) is 43.0 Å². The minimum absolute atomic E-state index is 0. The van der Waals surface area contributed by atoms with Gasteiger partial charge in [0.05, 0.1) is 18.3 Å². The van der Waals surface area contributed by atoms with Crippen LogP contribution in [-0.4, -0.2) is 21.0 Å². The molecule has 1 amide bonds. The molecule has 0 spiro atoms. The standard InChI is InChI=1S/C19H26N4O.2ClH/c1-14(22-18(24)17-8-3-4-9-19(17,2)20)15-6-5-7-16(12-15)23-11-10-21-13-23;;/h5-7,10-14,17H,3-4,8-9,20H2,1-2H3,(H,22,24);2*1H. The van der Waals surface area contributed by atoms with E-state index in [2.05, 4.69) is 16.4 Å². The molecular formula is C19H28Cl2N4O. The zero-order chi connectivity index (χ0) is 17.2. The van der Waals surface area contributed by atoms with E-state index in [1.54, 1.807) is 12.5 Å². The lowest BCUT2D eigenvalue weighted by molar-refractivity contribution is -0.128. The Hall–Kier alpha value is -1.56. The smallest absolute Gasteiger partial charge is 0.225 e.